The Bertz CT molecular complexity index is 537. The summed E-state index contributed by atoms with van der Waals surface area (Å²) in [5, 5.41) is 0.228. The van der Waals surface area contributed by atoms with E-state index in [4.69, 9.17) is 11.6 Å². The maximum Gasteiger partial charge on any atom is 0.141 e. The molecule has 3 nitrogen and oxygen atoms in total. The molecule has 0 saturated carbocycles. The number of hydrogen-bond acceptors (Lipinski definition) is 3. The van der Waals surface area contributed by atoms with Gasteiger partial charge in [-0.1, -0.05) is 17.7 Å². The van der Waals surface area contributed by atoms with E-state index in [0.717, 1.165) is 31.1 Å². The molecule has 1 atom stereocenters. The summed E-state index contributed by atoms with van der Waals surface area (Å²) < 4.78 is 13.3. The zero-order chi connectivity index (χ0) is 17.1. The van der Waals surface area contributed by atoms with Gasteiger partial charge in [0.1, 0.15) is 5.82 Å². The molecule has 0 bridgehead atoms. The fraction of sp³-hybridized carbons (Fsp3) is 0.684. The Hall–Kier alpha value is -0.680. The zero-order valence-corrected chi connectivity index (χ0v) is 15.6. The van der Waals surface area contributed by atoms with Gasteiger partial charge >= 0.3 is 0 Å². The molecule has 24 heavy (non-hydrogen) atoms. The topological polar surface area (TPSA) is 9.72 Å². The van der Waals surface area contributed by atoms with Crippen LogP contribution in [0.5, 0.6) is 0 Å². The molecule has 0 spiro atoms. The lowest BCUT2D eigenvalue weighted by molar-refractivity contribution is 0.0598. The molecule has 2 aliphatic heterocycles. The highest BCUT2D eigenvalue weighted by molar-refractivity contribution is 6.30. The van der Waals surface area contributed by atoms with Crippen LogP contribution in [0.15, 0.2) is 18.2 Å². The standard InChI is InChI=1S/C19H29ClFN3/c1-15(24-11-9-22(2)10-12-24)17-5-7-23(8-6-17)14-16-3-4-19(21)18(20)13-16/h3-4,13,15,17H,5-12,14H2,1-2H3. The molecule has 0 amide bonds. The van der Waals surface area contributed by atoms with Crippen LogP contribution in [0.25, 0.3) is 0 Å². The van der Waals surface area contributed by atoms with Crippen LogP contribution in [0, 0.1) is 11.7 Å². The highest BCUT2D eigenvalue weighted by Crippen LogP contribution is 2.26. The SMILES string of the molecule is CC(C1CCN(Cc2ccc(F)c(Cl)c2)CC1)N1CCN(C)CC1. The van der Waals surface area contributed by atoms with Gasteiger partial charge in [0, 0.05) is 38.8 Å². The van der Waals surface area contributed by atoms with E-state index in [1.165, 1.54) is 45.1 Å². The van der Waals surface area contributed by atoms with Crippen LogP contribution >= 0.6 is 11.6 Å². The molecule has 1 aromatic rings. The molecule has 2 saturated heterocycles. The molecule has 2 fully saturated rings. The van der Waals surface area contributed by atoms with Gasteiger partial charge in [-0.15, -0.1) is 0 Å². The van der Waals surface area contributed by atoms with E-state index in [1.807, 2.05) is 6.07 Å². The van der Waals surface area contributed by atoms with Gasteiger partial charge in [0.25, 0.3) is 0 Å². The lowest BCUT2D eigenvalue weighted by Gasteiger charge is -2.42. The minimum Gasteiger partial charge on any atom is -0.304 e. The molecule has 1 unspecified atom stereocenters. The Balaban J connectivity index is 1.47. The van der Waals surface area contributed by atoms with Crippen LogP contribution in [0.1, 0.15) is 25.3 Å². The summed E-state index contributed by atoms with van der Waals surface area (Å²) in [6, 6.07) is 5.76. The smallest absolute Gasteiger partial charge is 0.141 e. The van der Waals surface area contributed by atoms with Crippen molar-refractivity contribution in [2.75, 3.05) is 46.3 Å². The van der Waals surface area contributed by atoms with Crippen LogP contribution in [0.3, 0.4) is 0 Å². The second-order valence-electron chi connectivity index (χ2n) is 7.44. The van der Waals surface area contributed by atoms with Crippen LogP contribution < -0.4 is 0 Å². The van der Waals surface area contributed by atoms with Crippen LogP contribution in [-0.2, 0) is 6.54 Å². The minimum atomic E-state index is -0.333. The van der Waals surface area contributed by atoms with Crippen molar-refractivity contribution >= 4 is 11.6 Å². The summed E-state index contributed by atoms with van der Waals surface area (Å²) in [4.78, 5) is 7.55. The molecule has 1 aromatic carbocycles. The molecule has 0 radical (unpaired) electrons. The van der Waals surface area contributed by atoms with Gasteiger partial charge in [-0.25, -0.2) is 4.39 Å². The fourth-order valence-electron chi connectivity index (χ4n) is 4.02. The van der Waals surface area contributed by atoms with Gasteiger partial charge in [0.2, 0.25) is 0 Å². The Labute approximate surface area is 150 Å². The molecule has 134 valence electrons. The summed E-state index contributed by atoms with van der Waals surface area (Å²) in [6.07, 6.45) is 2.50. The van der Waals surface area contributed by atoms with Gasteiger partial charge in [-0.05, 0) is 63.5 Å². The molecule has 3 rings (SSSR count). The maximum absolute atomic E-state index is 13.3. The van der Waals surface area contributed by atoms with Crippen LogP contribution in [0.4, 0.5) is 4.39 Å². The first-order valence-electron chi connectivity index (χ1n) is 9.12. The third-order valence-corrected chi connectivity index (χ3v) is 6.11. The van der Waals surface area contributed by atoms with Gasteiger partial charge in [-0.3, -0.25) is 9.80 Å². The van der Waals surface area contributed by atoms with Gasteiger partial charge in [-0.2, -0.15) is 0 Å². The maximum atomic E-state index is 13.3. The fourth-order valence-corrected chi connectivity index (χ4v) is 4.22. The Morgan fingerprint density at radius 3 is 2.42 bits per heavy atom. The number of likely N-dealkylation sites (N-methyl/N-ethyl adjacent to an activating group) is 1. The van der Waals surface area contributed by atoms with Crippen molar-refractivity contribution in [1.29, 1.82) is 0 Å². The van der Waals surface area contributed by atoms with Crippen LogP contribution in [0.2, 0.25) is 5.02 Å². The van der Waals surface area contributed by atoms with Crippen molar-refractivity contribution in [2.45, 2.75) is 32.4 Å². The Kier molecular flexibility index (Phi) is 6.14. The number of rotatable bonds is 4. The summed E-state index contributed by atoms with van der Waals surface area (Å²) in [7, 11) is 2.21. The average molecular weight is 354 g/mol. The van der Waals surface area contributed by atoms with E-state index < -0.39 is 0 Å². The number of piperazine rings is 1. The summed E-state index contributed by atoms with van der Waals surface area (Å²) in [5.41, 5.74) is 1.10. The second-order valence-corrected chi connectivity index (χ2v) is 7.85. The van der Waals surface area contributed by atoms with Gasteiger partial charge < -0.3 is 4.90 Å². The average Bonchev–Trinajstić information content (AvgIpc) is 2.59. The van der Waals surface area contributed by atoms with Crippen molar-refractivity contribution in [2.24, 2.45) is 5.92 Å². The van der Waals surface area contributed by atoms with E-state index in [2.05, 4.69) is 28.7 Å². The van der Waals surface area contributed by atoms with Gasteiger partial charge in [0.15, 0.2) is 0 Å². The predicted octanol–water partition coefficient (Wildman–Crippen LogP) is 3.33. The Morgan fingerprint density at radius 2 is 1.79 bits per heavy atom. The molecule has 2 aliphatic rings. The second kappa shape index (κ2) is 8.13. The zero-order valence-electron chi connectivity index (χ0n) is 14.8. The Morgan fingerprint density at radius 1 is 1.12 bits per heavy atom. The third-order valence-electron chi connectivity index (χ3n) is 5.82. The lowest BCUT2D eigenvalue weighted by Crippen LogP contribution is -2.51. The molecule has 0 aromatic heterocycles. The molecular weight excluding hydrogens is 325 g/mol. The molecule has 5 heteroatoms. The van der Waals surface area contributed by atoms with Crippen molar-refractivity contribution in [3.8, 4) is 0 Å². The van der Waals surface area contributed by atoms with E-state index in [9.17, 15) is 4.39 Å². The quantitative estimate of drug-likeness (QED) is 0.822. The van der Waals surface area contributed by atoms with E-state index >= 15 is 0 Å². The van der Waals surface area contributed by atoms with Crippen molar-refractivity contribution in [3.63, 3.8) is 0 Å². The summed E-state index contributed by atoms with van der Waals surface area (Å²) in [5.74, 6) is 0.460. The van der Waals surface area contributed by atoms with E-state index in [-0.39, 0.29) is 10.8 Å². The summed E-state index contributed by atoms with van der Waals surface area (Å²) in [6.45, 7) is 10.3. The van der Waals surface area contributed by atoms with E-state index in [1.54, 1.807) is 6.07 Å². The molecule has 0 N–H and O–H groups in total. The number of piperidine rings is 1. The van der Waals surface area contributed by atoms with Gasteiger partial charge in [0.05, 0.1) is 5.02 Å². The molecule has 0 aliphatic carbocycles. The van der Waals surface area contributed by atoms with E-state index in [0.29, 0.717) is 6.04 Å². The highest BCUT2D eigenvalue weighted by atomic mass is 35.5. The molecular formula is C19H29ClFN3. The number of benzene rings is 1. The number of halogens is 2. The molecule has 2 heterocycles. The lowest BCUT2D eigenvalue weighted by atomic mass is 9.89. The number of likely N-dealkylation sites (tertiary alicyclic amines) is 1. The third kappa shape index (κ3) is 4.48. The first kappa shape index (κ1) is 18.1. The number of hydrogen-bond donors (Lipinski definition) is 0. The number of nitrogens with zero attached hydrogens (tertiary/aromatic N) is 3. The monoisotopic (exact) mass is 353 g/mol. The summed E-state index contributed by atoms with van der Waals surface area (Å²) >= 11 is 5.89. The highest BCUT2D eigenvalue weighted by Gasteiger charge is 2.29. The largest absolute Gasteiger partial charge is 0.304 e. The van der Waals surface area contributed by atoms with Crippen molar-refractivity contribution < 1.29 is 4.39 Å². The van der Waals surface area contributed by atoms with Crippen molar-refractivity contribution in [1.82, 2.24) is 14.7 Å². The first-order chi connectivity index (χ1) is 11.5. The predicted molar refractivity (Wildman–Crippen MR) is 97.9 cm³/mol. The van der Waals surface area contributed by atoms with Crippen molar-refractivity contribution in [3.05, 3.63) is 34.6 Å². The van der Waals surface area contributed by atoms with Crippen LogP contribution in [-0.4, -0.2) is 67.1 Å². The minimum absolute atomic E-state index is 0.228. The normalized spacial score (nSPS) is 23.5. The first-order valence-corrected chi connectivity index (χ1v) is 9.49.